The number of nitrogens with zero attached hydrogens (tertiary/aromatic N) is 2. The number of ether oxygens (including phenoxy) is 1. The number of hydrogen-bond acceptors (Lipinski definition) is 3. The fourth-order valence-electron chi connectivity index (χ4n) is 3.38. The summed E-state index contributed by atoms with van der Waals surface area (Å²) in [6.45, 7) is 3.45. The number of piperazine rings is 1. The highest BCUT2D eigenvalue weighted by Crippen LogP contribution is 2.24. The number of benzene rings is 2. The quantitative estimate of drug-likeness (QED) is 0.646. The fraction of sp³-hybridized carbons (Fsp3) is 0.217. The van der Waals surface area contributed by atoms with E-state index in [1.54, 1.807) is 6.07 Å². The number of pyridine rings is 1. The van der Waals surface area contributed by atoms with Gasteiger partial charge in [0.05, 0.1) is 24.3 Å². The summed E-state index contributed by atoms with van der Waals surface area (Å²) in [5.41, 5.74) is 1.69. The zero-order valence-electron chi connectivity index (χ0n) is 16.1. The number of nitrogens with one attached hydrogen (secondary N) is 1. The standard InChI is InChI=1S/C23H22ClN3O2/c24-20-5-1-2-6-21(20)29-17-18-8-10-19(11-9-18)23(28)27-15-13-26(14-16-27)22-7-3-4-12-25-22/h1-12H,13-17H2/p+1. The van der Waals surface area contributed by atoms with Crippen molar-refractivity contribution in [2.24, 2.45) is 0 Å². The number of para-hydroxylation sites is 1. The molecule has 0 atom stereocenters. The molecule has 0 spiro atoms. The van der Waals surface area contributed by atoms with Crippen LogP contribution in [0.3, 0.4) is 0 Å². The van der Waals surface area contributed by atoms with Crippen LogP contribution in [0.15, 0.2) is 72.9 Å². The normalized spacial score (nSPS) is 14.0. The monoisotopic (exact) mass is 408 g/mol. The Balaban J connectivity index is 1.32. The highest BCUT2D eigenvalue weighted by atomic mass is 35.5. The Bertz CT molecular complexity index is 955. The molecule has 0 unspecified atom stereocenters. The Labute approximate surface area is 175 Å². The average Bonchev–Trinajstić information content (AvgIpc) is 2.79. The van der Waals surface area contributed by atoms with Gasteiger partial charge in [-0.05, 0) is 35.9 Å². The van der Waals surface area contributed by atoms with Gasteiger partial charge in [-0.3, -0.25) is 9.69 Å². The number of aromatic nitrogens is 1. The first-order valence-electron chi connectivity index (χ1n) is 9.68. The highest BCUT2D eigenvalue weighted by molar-refractivity contribution is 6.32. The van der Waals surface area contributed by atoms with Crippen LogP contribution in [0.4, 0.5) is 5.82 Å². The zero-order valence-corrected chi connectivity index (χ0v) is 16.8. The predicted octanol–water partition coefficient (Wildman–Crippen LogP) is 3.70. The molecule has 4 rings (SSSR count). The van der Waals surface area contributed by atoms with Gasteiger partial charge in [0, 0.05) is 11.6 Å². The largest absolute Gasteiger partial charge is 0.487 e. The molecule has 2 aromatic carbocycles. The highest BCUT2D eigenvalue weighted by Gasteiger charge is 2.26. The molecule has 0 bridgehead atoms. The molecule has 1 aliphatic rings. The number of H-pyrrole nitrogens is 1. The van der Waals surface area contributed by atoms with Crippen LogP contribution < -0.4 is 14.6 Å². The number of anilines is 1. The number of amides is 1. The van der Waals surface area contributed by atoms with Gasteiger partial charge in [-0.2, -0.15) is 0 Å². The Kier molecular flexibility index (Phi) is 5.96. The smallest absolute Gasteiger partial charge is 0.274 e. The second-order valence-corrected chi connectivity index (χ2v) is 7.35. The minimum atomic E-state index is 0.0697. The molecule has 1 aromatic heterocycles. The molecule has 1 aliphatic heterocycles. The number of carbonyl (C=O) groups is 1. The molecule has 6 heteroatoms. The van der Waals surface area contributed by atoms with Crippen LogP contribution in [0.2, 0.25) is 5.02 Å². The molecule has 3 aromatic rings. The maximum Gasteiger partial charge on any atom is 0.274 e. The van der Waals surface area contributed by atoms with Crippen molar-refractivity contribution in [2.75, 3.05) is 31.1 Å². The number of carbonyl (C=O) groups excluding carboxylic acids is 1. The van der Waals surface area contributed by atoms with Crippen molar-refractivity contribution in [1.29, 1.82) is 0 Å². The van der Waals surface area contributed by atoms with E-state index in [1.807, 2.05) is 65.7 Å². The lowest BCUT2D eigenvalue weighted by Crippen LogP contribution is -2.50. The third-order valence-electron chi connectivity index (χ3n) is 5.03. The predicted molar refractivity (Wildman–Crippen MR) is 113 cm³/mol. The van der Waals surface area contributed by atoms with Crippen molar-refractivity contribution >= 4 is 23.3 Å². The van der Waals surface area contributed by atoms with Crippen molar-refractivity contribution in [1.82, 2.24) is 4.90 Å². The van der Waals surface area contributed by atoms with Crippen LogP contribution in [-0.4, -0.2) is 37.0 Å². The number of rotatable bonds is 5. The summed E-state index contributed by atoms with van der Waals surface area (Å²) >= 11 is 6.11. The fourth-order valence-corrected chi connectivity index (χ4v) is 3.57. The molecular weight excluding hydrogens is 386 g/mol. The van der Waals surface area contributed by atoms with Crippen molar-refractivity contribution in [3.05, 3.63) is 89.1 Å². The van der Waals surface area contributed by atoms with Gasteiger partial charge in [-0.15, -0.1) is 0 Å². The van der Waals surface area contributed by atoms with Crippen LogP contribution >= 0.6 is 11.6 Å². The first-order chi connectivity index (χ1) is 14.2. The van der Waals surface area contributed by atoms with Gasteiger partial charge >= 0.3 is 0 Å². The van der Waals surface area contributed by atoms with Gasteiger partial charge < -0.3 is 9.64 Å². The summed E-state index contributed by atoms with van der Waals surface area (Å²) in [4.78, 5) is 20.3. The van der Waals surface area contributed by atoms with Gasteiger partial charge in [-0.1, -0.05) is 41.9 Å². The van der Waals surface area contributed by atoms with Crippen molar-refractivity contribution in [3.8, 4) is 5.75 Å². The maximum atomic E-state index is 12.8. The molecule has 1 N–H and O–H groups in total. The second-order valence-electron chi connectivity index (χ2n) is 6.94. The molecule has 0 aliphatic carbocycles. The summed E-state index contributed by atoms with van der Waals surface area (Å²) in [5.74, 6) is 1.81. The van der Waals surface area contributed by atoms with E-state index in [-0.39, 0.29) is 5.91 Å². The van der Waals surface area contributed by atoms with Crippen LogP contribution in [-0.2, 0) is 6.61 Å². The Morgan fingerprint density at radius 1 is 0.931 bits per heavy atom. The van der Waals surface area contributed by atoms with E-state index in [1.165, 1.54) is 0 Å². The van der Waals surface area contributed by atoms with Gasteiger partial charge in [0.2, 0.25) is 0 Å². The third kappa shape index (κ3) is 4.69. The van der Waals surface area contributed by atoms with Crippen LogP contribution in [0.1, 0.15) is 15.9 Å². The van der Waals surface area contributed by atoms with Crippen LogP contribution in [0.5, 0.6) is 5.75 Å². The van der Waals surface area contributed by atoms with Gasteiger partial charge in [0.15, 0.2) is 0 Å². The minimum absolute atomic E-state index is 0.0697. The van der Waals surface area contributed by atoms with Crippen molar-refractivity contribution < 1.29 is 14.5 Å². The van der Waals surface area contributed by atoms with Crippen LogP contribution in [0.25, 0.3) is 0 Å². The van der Waals surface area contributed by atoms with E-state index >= 15 is 0 Å². The lowest BCUT2D eigenvalue weighted by molar-refractivity contribution is -0.364. The van der Waals surface area contributed by atoms with Crippen LogP contribution in [0, 0.1) is 0 Å². The molecule has 29 heavy (non-hydrogen) atoms. The second kappa shape index (κ2) is 8.97. The molecular formula is C23H23ClN3O2+. The summed E-state index contributed by atoms with van der Waals surface area (Å²) in [7, 11) is 0. The average molecular weight is 409 g/mol. The Morgan fingerprint density at radius 2 is 1.66 bits per heavy atom. The van der Waals surface area contributed by atoms with E-state index in [0.717, 1.165) is 24.5 Å². The topological polar surface area (TPSA) is 46.9 Å². The Morgan fingerprint density at radius 3 is 2.34 bits per heavy atom. The van der Waals surface area contributed by atoms with E-state index in [2.05, 4.69) is 16.0 Å². The summed E-state index contributed by atoms with van der Waals surface area (Å²) in [5, 5.41) is 0.589. The molecule has 0 radical (unpaired) electrons. The maximum absolute atomic E-state index is 12.8. The molecule has 148 valence electrons. The van der Waals surface area contributed by atoms with E-state index in [4.69, 9.17) is 16.3 Å². The first kappa shape index (κ1) is 19.3. The van der Waals surface area contributed by atoms with E-state index in [0.29, 0.717) is 36.0 Å². The lowest BCUT2D eigenvalue weighted by Gasteiger charge is -2.31. The lowest BCUT2D eigenvalue weighted by atomic mass is 10.1. The molecule has 1 amide bonds. The Hall–Kier alpha value is -3.05. The SMILES string of the molecule is O=C(c1ccc(COc2ccccc2Cl)cc1)N1CCN(c2cccc[nH+]2)CC1. The van der Waals surface area contributed by atoms with Gasteiger partial charge in [0.25, 0.3) is 11.7 Å². The van der Waals surface area contributed by atoms with E-state index < -0.39 is 0 Å². The molecule has 0 saturated carbocycles. The summed E-state index contributed by atoms with van der Waals surface area (Å²) in [6, 6.07) is 21.0. The molecule has 2 heterocycles. The first-order valence-corrected chi connectivity index (χ1v) is 10.1. The molecule has 1 saturated heterocycles. The number of hydrogen-bond donors (Lipinski definition) is 0. The minimum Gasteiger partial charge on any atom is -0.487 e. The molecule has 5 nitrogen and oxygen atoms in total. The number of aromatic amines is 1. The number of halogens is 1. The van der Waals surface area contributed by atoms with Crippen molar-refractivity contribution in [3.63, 3.8) is 0 Å². The third-order valence-corrected chi connectivity index (χ3v) is 5.34. The van der Waals surface area contributed by atoms with Crippen molar-refractivity contribution in [2.45, 2.75) is 6.61 Å². The summed E-state index contributed by atoms with van der Waals surface area (Å²) in [6.07, 6.45) is 1.92. The summed E-state index contributed by atoms with van der Waals surface area (Å²) < 4.78 is 5.76. The van der Waals surface area contributed by atoms with Gasteiger partial charge in [0.1, 0.15) is 25.4 Å². The van der Waals surface area contributed by atoms with E-state index in [9.17, 15) is 4.79 Å². The van der Waals surface area contributed by atoms with Gasteiger partial charge in [-0.25, -0.2) is 4.98 Å². The zero-order chi connectivity index (χ0) is 20.1. The molecule has 1 fully saturated rings.